The first-order valence-corrected chi connectivity index (χ1v) is 7.32. The molecule has 1 aliphatic carbocycles. The number of phenols is 1. The van der Waals surface area contributed by atoms with E-state index in [-0.39, 0.29) is 34.9 Å². The van der Waals surface area contributed by atoms with Crippen LogP contribution in [0, 0.1) is 0 Å². The molecule has 1 unspecified atom stereocenters. The van der Waals surface area contributed by atoms with Crippen LogP contribution in [0.4, 0.5) is 0 Å². The molecule has 0 radical (unpaired) electrons. The molecule has 1 aliphatic heterocycles. The molecule has 19 heavy (non-hydrogen) atoms. The molecule has 3 rings (SSSR count). The summed E-state index contributed by atoms with van der Waals surface area (Å²) in [6.07, 6.45) is 0. The molecule has 0 spiro atoms. The van der Waals surface area contributed by atoms with Crippen molar-refractivity contribution in [3.8, 4) is 5.75 Å². The molecule has 1 atom stereocenters. The summed E-state index contributed by atoms with van der Waals surface area (Å²) in [5, 5.41) is 8.14. The van der Waals surface area contributed by atoms with E-state index < -0.39 is 26.7 Å². The maximum Gasteiger partial charge on any atom is 0.209 e. The van der Waals surface area contributed by atoms with E-state index in [1.165, 1.54) is 18.2 Å². The fraction of sp³-hybridized carbons (Fsp3) is 0.250. The Morgan fingerprint density at radius 1 is 1.26 bits per heavy atom. The SMILES string of the molecule is O=C1C2=NCCS(=O)(=O)C2C(=O)c2c(O)cccc21. The average molecular weight is 279 g/mol. The van der Waals surface area contributed by atoms with Gasteiger partial charge in [-0.1, -0.05) is 6.07 Å². The van der Waals surface area contributed by atoms with Crippen LogP contribution in [0.5, 0.6) is 5.75 Å². The highest BCUT2D eigenvalue weighted by Gasteiger charge is 2.48. The molecule has 0 fully saturated rings. The van der Waals surface area contributed by atoms with E-state index in [2.05, 4.69) is 4.99 Å². The van der Waals surface area contributed by atoms with Gasteiger partial charge >= 0.3 is 0 Å². The lowest BCUT2D eigenvalue weighted by Gasteiger charge is -2.27. The number of carbonyl (C=O) groups is 2. The van der Waals surface area contributed by atoms with Crippen LogP contribution in [0.1, 0.15) is 20.7 Å². The summed E-state index contributed by atoms with van der Waals surface area (Å²) in [5.74, 6) is -2.01. The van der Waals surface area contributed by atoms with Crippen molar-refractivity contribution < 1.29 is 23.1 Å². The van der Waals surface area contributed by atoms with Gasteiger partial charge in [0, 0.05) is 5.56 Å². The molecule has 1 heterocycles. The lowest BCUT2D eigenvalue weighted by molar-refractivity contribution is 0.0963. The zero-order valence-corrected chi connectivity index (χ0v) is 10.5. The summed E-state index contributed by atoms with van der Waals surface area (Å²) in [5.41, 5.74) is -0.437. The fourth-order valence-electron chi connectivity index (χ4n) is 2.40. The minimum atomic E-state index is -3.74. The van der Waals surface area contributed by atoms with E-state index in [9.17, 15) is 23.1 Å². The number of aromatic hydroxyl groups is 1. The van der Waals surface area contributed by atoms with Gasteiger partial charge in [-0.2, -0.15) is 0 Å². The predicted octanol–water partition coefficient (Wildman–Crippen LogP) is 0.00920. The van der Waals surface area contributed by atoms with Crippen LogP contribution in [-0.4, -0.2) is 48.4 Å². The van der Waals surface area contributed by atoms with Crippen molar-refractivity contribution in [1.29, 1.82) is 0 Å². The number of phenolic OH excluding ortho intramolecular Hbond substituents is 1. The van der Waals surface area contributed by atoms with E-state index in [1.807, 2.05) is 0 Å². The highest BCUT2D eigenvalue weighted by Crippen LogP contribution is 2.31. The Kier molecular flexibility index (Phi) is 2.37. The number of hydrogen-bond acceptors (Lipinski definition) is 6. The summed E-state index contributed by atoms with van der Waals surface area (Å²) >= 11 is 0. The van der Waals surface area contributed by atoms with E-state index in [4.69, 9.17) is 0 Å². The lowest BCUT2D eigenvalue weighted by atomic mass is 9.87. The fourth-order valence-corrected chi connectivity index (χ4v) is 3.95. The van der Waals surface area contributed by atoms with Crippen LogP contribution in [0.3, 0.4) is 0 Å². The van der Waals surface area contributed by atoms with Crippen molar-refractivity contribution in [2.45, 2.75) is 5.25 Å². The smallest absolute Gasteiger partial charge is 0.209 e. The third-order valence-electron chi connectivity index (χ3n) is 3.27. The molecule has 98 valence electrons. The number of nitrogens with zero attached hydrogens (tertiary/aromatic N) is 1. The summed E-state index contributed by atoms with van der Waals surface area (Å²) in [4.78, 5) is 28.3. The second-order valence-electron chi connectivity index (χ2n) is 4.41. The summed E-state index contributed by atoms with van der Waals surface area (Å²) in [6, 6.07) is 4.06. The van der Waals surface area contributed by atoms with E-state index >= 15 is 0 Å². The summed E-state index contributed by atoms with van der Waals surface area (Å²) in [6.45, 7) is -0.0126. The largest absolute Gasteiger partial charge is 0.507 e. The third kappa shape index (κ3) is 1.54. The molecule has 0 amide bonds. The predicted molar refractivity (Wildman–Crippen MR) is 66.6 cm³/mol. The Balaban J connectivity index is 2.34. The maximum absolute atomic E-state index is 12.3. The first-order chi connectivity index (χ1) is 8.93. The van der Waals surface area contributed by atoms with Crippen LogP contribution in [-0.2, 0) is 9.84 Å². The van der Waals surface area contributed by atoms with Gasteiger partial charge in [-0.05, 0) is 12.1 Å². The van der Waals surface area contributed by atoms with Crippen LogP contribution >= 0.6 is 0 Å². The number of benzene rings is 1. The molecule has 0 saturated carbocycles. The van der Waals surface area contributed by atoms with Crippen molar-refractivity contribution in [1.82, 2.24) is 0 Å². The second-order valence-corrected chi connectivity index (χ2v) is 6.61. The first kappa shape index (κ1) is 12.0. The van der Waals surface area contributed by atoms with Gasteiger partial charge < -0.3 is 5.11 Å². The molecule has 0 bridgehead atoms. The molecule has 1 aromatic carbocycles. The van der Waals surface area contributed by atoms with Crippen LogP contribution in [0.25, 0.3) is 0 Å². The Morgan fingerprint density at radius 2 is 2.00 bits per heavy atom. The van der Waals surface area contributed by atoms with Gasteiger partial charge in [0.15, 0.2) is 20.9 Å². The van der Waals surface area contributed by atoms with Crippen molar-refractivity contribution in [2.24, 2.45) is 4.99 Å². The molecule has 6 nitrogen and oxygen atoms in total. The monoisotopic (exact) mass is 279 g/mol. The molecule has 0 saturated heterocycles. The van der Waals surface area contributed by atoms with Gasteiger partial charge in [-0.15, -0.1) is 0 Å². The minimum Gasteiger partial charge on any atom is -0.507 e. The number of fused-ring (bicyclic) bond motifs is 2. The van der Waals surface area contributed by atoms with Crippen LogP contribution in [0.15, 0.2) is 23.2 Å². The number of rotatable bonds is 0. The number of hydrogen-bond donors (Lipinski definition) is 1. The standard InChI is InChI=1S/C12H9NO5S/c14-7-3-1-2-6-8(7)11(16)12-9(10(6)15)13-4-5-19(12,17)18/h1-3,12,14H,4-5H2. The summed E-state index contributed by atoms with van der Waals surface area (Å²) in [7, 11) is -3.74. The Bertz CT molecular complexity index is 747. The van der Waals surface area contributed by atoms with Gasteiger partial charge in [0.05, 0.1) is 17.9 Å². The molecule has 2 aliphatic rings. The number of Topliss-reactive ketones (excluding diaryl/α,β-unsaturated/α-hetero) is 2. The van der Waals surface area contributed by atoms with Crippen LogP contribution < -0.4 is 0 Å². The zero-order valence-electron chi connectivity index (χ0n) is 9.66. The van der Waals surface area contributed by atoms with Gasteiger partial charge in [-0.3, -0.25) is 14.6 Å². The molecule has 0 aromatic heterocycles. The number of aliphatic imine (C=N–C) groups is 1. The summed E-state index contributed by atoms with van der Waals surface area (Å²) < 4.78 is 23.9. The van der Waals surface area contributed by atoms with Crippen molar-refractivity contribution in [3.05, 3.63) is 29.3 Å². The van der Waals surface area contributed by atoms with Crippen LogP contribution in [0.2, 0.25) is 0 Å². The third-order valence-corrected chi connectivity index (χ3v) is 5.18. The Labute approximate surface area is 108 Å². The van der Waals surface area contributed by atoms with Gasteiger partial charge in [-0.25, -0.2) is 8.42 Å². The van der Waals surface area contributed by atoms with Gasteiger partial charge in [0.2, 0.25) is 5.78 Å². The van der Waals surface area contributed by atoms with Crippen molar-refractivity contribution in [3.63, 3.8) is 0 Å². The highest BCUT2D eigenvalue weighted by atomic mass is 32.2. The van der Waals surface area contributed by atoms with E-state index in [0.29, 0.717) is 0 Å². The van der Waals surface area contributed by atoms with Crippen molar-refractivity contribution in [2.75, 3.05) is 12.3 Å². The molecule has 1 N–H and O–H groups in total. The average Bonchev–Trinajstić information content (AvgIpc) is 2.34. The normalized spacial score (nSPS) is 24.4. The molecular weight excluding hydrogens is 270 g/mol. The zero-order chi connectivity index (χ0) is 13.8. The minimum absolute atomic E-state index is 0.0112. The number of carbonyl (C=O) groups excluding carboxylic acids is 2. The molecular formula is C12H9NO5S. The second kappa shape index (κ2) is 3.74. The van der Waals surface area contributed by atoms with E-state index in [1.54, 1.807) is 0 Å². The molecule has 7 heteroatoms. The van der Waals surface area contributed by atoms with Gasteiger partial charge in [0.25, 0.3) is 0 Å². The first-order valence-electron chi connectivity index (χ1n) is 5.60. The van der Waals surface area contributed by atoms with Crippen molar-refractivity contribution >= 4 is 27.1 Å². The number of ketones is 2. The maximum atomic E-state index is 12.3. The number of sulfone groups is 1. The highest BCUT2D eigenvalue weighted by molar-refractivity contribution is 7.93. The lowest BCUT2D eigenvalue weighted by Crippen LogP contribution is -2.50. The Hall–Kier alpha value is -2.02. The molecule has 1 aromatic rings. The topological polar surface area (TPSA) is 101 Å². The quantitative estimate of drug-likeness (QED) is 0.721. The Morgan fingerprint density at radius 3 is 2.74 bits per heavy atom. The van der Waals surface area contributed by atoms with E-state index in [0.717, 1.165) is 0 Å². The van der Waals surface area contributed by atoms with Gasteiger partial charge in [0.1, 0.15) is 11.5 Å².